The maximum absolute atomic E-state index is 6.05. The van der Waals surface area contributed by atoms with E-state index in [1.807, 2.05) is 16.0 Å². The second-order valence-electron chi connectivity index (χ2n) is 4.05. The van der Waals surface area contributed by atoms with Crippen LogP contribution in [-0.2, 0) is 11.4 Å². The van der Waals surface area contributed by atoms with Crippen molar-refractivity contribution in [3.05, 3.63) is 56.2 Å². The Kier molecular flexibility index (Phi) is 4.35. The number of nitrogens with zero attached hydrogens (tertiary/aromatic N) is 3. The molecule has 21 heavy (non-hydrogen) atoms. The molecule has 0 saturated heterocycles. The molecule has 0 atom stereocenters. The molecule has 0 saturated carbocycles. The topological polar surface area (TPSA) is 38.9 Å². The van der Waals surface area contributed by atoms with E-state index in [4.69, 9.17) is 39.6 Å². The van der Waals surface area contributed by atoms with Gasteiger partial charge in [0.25, 0.3) is 0 Å². The van der Waals surface area contributed by atoms with E-state index < -0.39 is 0 Å². The van der Waals surface area contributed by atoms with Crippen LogP contribution in [0, 0.1) is 0 Å². The van der Waals surface area contributed by atoms with Crippen molar-refractivity contribution in [1.82, 2.24) is 9.38 Å². The standard InChI is InChI=1S/C13H8Cl3N3OS/c14-9-2-1-3-10(15)8(9)7-20-17-6-11-12(16)18-13-19(11)4-5-21-13/h1-6H,7H2/b17-6+. The highest BCUT2D eigenvalue weighted by atomic mass is 35.5. The molecule has 3 rings (SSSR count). The van der Waals surface area contributed by atoms with E-state index in [1.54, 1.807) is 18.2 Å². The van der Waals surface area contributed by atoms with Gasteiger partial charge in [-0.25, -0.2) is 4.98 Å². The molecule has 0 radical (unpaired) electrons. The van der Waals surface area contributed by atoms with Gasteiger partial charge in [-0.15, -0.1) is 11.3 Å². The summed E-state index contributed by atoms with van der Waals surface area (Å²) in [6.07, 6.45) is 3.38. The minimum atomic E-state index is 0.179. The Labute approximate surface area is 139 Å². The lowest BCUT2D eigenvalue weighted by Gasteiger charge is -2.04. The van der Waals surface area contributed by atoms with Crippen molar-refractivity contribution < 1.29 is 4.84 Å². The van der Waals surface area contributed by atoms with Crippen molar-refractivity contribution in [1.29, 1.82) is 0 Å². The van der Waals surface area contributed by atoms with Crippen LogP contribution in [0.1, 0.15) is 11.3 Å². The zero-order chi connectivity index (χ0) is 14.8. The second kappa shape index (κ2) is 6.23. The largest absolute Gasteiger partial charge is 0.391 e. The van der Waals surface area contributed by atoms with Crippen LogP contribution in [0.5, 0.6) is 0 Å². The van der Waals surface area contributed by atoms with Crippen LogP contribution in [0.15, 0.2) is 34.9 Å². The highest BCUT2D eigenvalue weighted by Crippen LogP contribution is 2.25. The predicted octanol–water partition coefficient (Wildman–Crippen LogP) is 4.91. The molecule has 8 heteroatoms. The van der Waals surface area contributed by atoms with Crippen LogP contribution < -0.4 is 0 Å². The van der Waals surface area contributed by atoms with Gasteiger partial charge in [0.05, 0.1) is 6.21 Å². The molecule has 0 aliphatic rings. The average Bonchev–Trinajstić information content (AvgIpc) is 2.99. The van der Waals surface area contributed by atoms with Crippen LogP contribution in [0.3, 0.4) is 0 Å². The molecule has 1 aromatic carbocycles. The quantitative estimate of drug-likeness (QED) is 0.490. The molecule has 0 unspecified atom stereocenters. The third-order valence-electron chi connectivity index (χ3n) is 2.77. The van der Waals surface area contributed by atoms with Gasteiger partial charge in [0.2, 0.25) is 0 Å². The highest BCUT2D eigenvalue weighted by Gasteiger charge is 2.09. The fourth-order valence-electron chi connectivity index (χ4n) is 1.75. The molecule has 0 N–H and O–H groups in total. The molecule has 0 spiro atoms. The Morgan fingerprint density at radius 1 is 1.29 bits per heavy atom. The van der Waals surface area contributed by atoms with Gasteiger partial charge >= 0.3 is 0 Å². The van der Waals surface area contributed by atoms with Crippen molar-refractivity contribution in [3.63, 3.8) is 0 Å². The van der Waals surface area contributed by atoms with Gasteiger partial charge in [-0.3, -0.25) is 4.40 Å². The lowest BCUT2D eigenvalue weighted by molar-refractivity contribution is 0.132. The maximum atomic E-state index is 6.05. The molecule has 0 fully saturated rings. The molecule has 0 amide bonds. The summed E-state index contributed by atoms with van der Waals surface area (Å²) in [5, 5.41) is 7.28. The van der Waals surface area contributed by atoms with Crippen molar-refractivity contribution in [3.8, 4) is 0 Å². The van der Waals surface area contributed by atoms with Crippen LogP contribution in [0.25, 0.3) is 4.96 Å². The van der Waals surface area contributed by atoms with E-state index >= 15 is 0 Å². The molecule has 3 aromatic rings. The monoisotopic (exact) mass is 359 g/mol. The van der Waals surface area contributed by atoms with Crippen molar-refractivity contribution in [2.24, 2.45) is 5.16 Å². The van der Waals surface area contributed by atoms with E-state index in [1.165, 1.54) is 17.6 Å². The first kappa shape index (κ1) is 14.7. The molecular weight excluding hydrogens is 353 g/mol. The summed E-state index contributed by atoms with van der Waals surface area (Å²) in [7, 11) is 0. The number of fused-ring (bicyclic) bond motifs is 1. The number of halogens is 3. The van der Waals surface area contributed by atoms with Crippen LogP contribution >= 0.6 is 46.1 Å². The summed E-state index contributed by atoms with van der Waals surface area (Å²) in [6, 6.07) is 5.27. The summed E-state index contributed by atoms with van der Waals surface area (Å²) in [6.45, 7) is 0.179. The zero-order valence-electron chi connectivity index (χ0n) is 10.5. The van der Waals surface area contributed by atoms with E-state index in [0.29, 0.717) is 26.5 Å². The third-order valence-corrected chi connectivity index (χ3v) is 4.52. The average molecular weight is 361 g/mol. The van der Waals surface area contributed by atoms with Gasteiger partial charge in [0.1, 0.15) is 12.3 Å². The van der Waals surface area contributed by atoms with E-state index in [0.717, 1.165) is 4.96 Å². The highest BCUT2D eigenvalue weighted by molar-refractivity contribution is 7.15. The number of hydrogen-bond donors (Lipinski definition) is 0. The van der Waals surface area contributed by atoms with Gasteiger partial charge in [-0.05, 0) is 12.1 Å². The Hall–Kier alpha value is -1.27. The van der Waals surface area contributed by atoms with E-state index in [-0.39, 0.29) is 6.61 Å². The maximum Gasteiger partial charge on any atom is 0.195 e. The van der Waals surface area contributed by atoms with Gasteiger partial charge in [0, 0.05) is 27.2 Å². The minimum Gasteiger partial charge on any atom is -0.391 e. The Morgan fingerprint density at radius 2 is 2.05 bits per heavy atom. The number of hydrogen-bond acceptors (Lipinski definition) is 4. The molecule has 0 aliphatic carbocycles. The van der Waals surface area contributed by atoms with Gasteiger partial charge in [-0.1, -0.05) is 46.0 Å². The van der Waals surface area contributed by atoms with Gasteiger partial charge in [0.15, 0.2) is 10.1 Å². The fraction of sp³-hybridized carbons (Fsp3) is 0.0769. The Bertz CT molecular complexity index is 792. The molecule has 2 aromatic heterocycles. The summed E-state index contributed by atoms with van der Waals surface area (Å²) in [5.74, 6) is 0. The smallest absolute Gasteiger partial charge is 0.195 e. The Morgan fingerprint density at radius 3 is 2.81 bits per heavy atom. The summed E-state index contributed by atoms with van der Waals surface area (Å²) in [4.78, 5) is 10.2. The fourth-order valence-corrected chi connectivity index (χ4v) is 3.25. The van der Waals surface area contributed by atoms with Crippen molar-refractivity contribution >= 4 is 57.3 Å². The number of oxime groups is 1. The van der Waals surface area contributed by atoms with E-state index in [9.17, 15) is 0 Å². The number of thiazole rings is 1. The lowest BCUT2D eigenvalue weighted by atomic mass is 10.2. The SMILES string of the molecule is Clc1cccc(Cl)c1CO/N=C/c1c(Cl)nc2sccn12. The summed E-state index contributed by atoms with van der Waals surface area (Å²) >= 11 is 19.6. The first-order chi connectivity index (χ1) is 10.2. The Balaban J connectivity index is 1.73. The van der Waals surface area contributed by atoms with Crippen molar-refractivity contribution in [2.45, 2.75) is 6.61 Å². The normalized spacial score (nSPS) is 11.6. The van der Waals surface area contributed by atoms with E-state index in [2.05, 4.69) is 10.1 Å². The molecule has 0 bridgehead atoms. The lowest BCUT2D eigenvalue weighted by Crippen LogP contribution is -1.93. The summed E-state index contributed by atoms with van der Waals surface area (Å²) in [5.41, 5.74) is 1.36. The van der Waals surface area contributed by atoms with Gasteiger partial charge in [-0.2, -0.15) is 0 Å². The third kappa shape index (κ3) is 3.01. The zero-order valence-corrected chi connectivity index (χ0v) is 13.5. The first-order valence-corrected chi connectivity index (χ1v) is 7.87. The molecule has 2 heterocycles. The number of benzene rings is 1. The molecule has 0 aliphatic heterocycles. The molecule has 108 valence electrons. The molecular formula is C13H8Cl3N3OS. The van der Waals surface area contributed by atoms with Crippen molar-refractivity contribution in [2.75, 3.05) is 0 Å². The van der Waals surface area contributed by atoms with Crippen LogP contribution in [-0.4, -0.2) is 15.6 Å². The van der Waals surface area contributed by atoms with Crippen LogP contribution in [0.4, 0.5) is 0 Å². The number of imidazole rings is 1. The van der Waals surface area contributed by atoms with Crippen LogP contribution in [0.2, 0.25) is 15.2 Å². The second-order valence-corrected chi connectivity index (χ2v) is 6.10. The predicted molar refractivity (Wildman–Crippen MR) is 86.9 cm³/mol. The summed E-state index contributed by atoms with van der Waals surface area (Å²) < 4.78 is 1.84. The first-order valence-electron chi connectivity index (χ1n) is 5.86. The minimum absolute atomic E-state index is 0.179. The number of rotatable bonds is 4. The van der Waals surface area contributed by atoms with Gasteiger partial charge < -0.3 is 4.84 Å². The molecule has 4 nitrogen and oxygen atoms in total. The number of aromatic nitrogens is 2.